The van der Waals surface area contributed by atoms with Crippen molar-refractivity contribution in [2.75, 3.05) is 6.54 Å². The Hall–Kier alpha value is -1.38. The maximum Gasteiger partial charge on any atom is 0.253 e. The van der Waals surface area contributed by atoms with E-state index in [0.29, 0.717) is 6.54 Å². The number of carbonyl (C=O) groups is 1. The van der Waals surface area contributed by atoms with Crippen molar-refractivity contribution in [1.29, 1.82) is 0 Å². The summed E-state index contributed by atoms with van der Waals surface area (Å²) in [5, 5.41) is 2.71. The third kappa shape index (κ3) is 0.981. The molecule has 3 heteroatoms. The highest BCUT2D eigenvalue weighted by molar-refractivity contribution is 6.00. The van der Waals surface area contributed by atoms with Gasteiger partial charge in [0.15, 0.2) is 0 Å². The summed E-state index contributed by atoms with van der Waals surface area (Å²) < 4.78 is 0. The van der Waals surface area contributed by atoms with Gasteiger partial charge in [-0.2, -0.15) is 0 Å². The van der Waals surface area contributed by atoms with Crippen molar-refractivity contribution in [3.05, 3.63) is 23.4 Å². The van der Waals surface area contributed by atoms with Crippen LogP contribution in [0.2, 0.25) is 0 Å². The number of aliphatic imine (C=N–C) groups is 1. The monoisotopic (exact) mass is 148 g/mol. The predicted molar refractivity (Wildman–Crippen MR) is 42.3 cm³/mol. The minimum Gasteiger partial charge on any atom is -0.346 e. The van der Waals surface area contributed by atoms with Gasteiger partial charge in [-0.05, 0) is 0 Å². The van der Waals surface area contributed by atoms with E-state index >= 15 is 0 Å². The van der Waals surface area contributed by atoms with E-state index in [-0.39, 0.29) is 5.91 Å². The van der Waals surface area contributed by atoms with Crippen molar-refractivity contribution in [3.8, 4) is 0 Å². The molecule has 3 nitrogen and oxygen atoms in total. The molecule has 0 radical (unpaired) electrons. The van der Waals surface area contributed by atoms with Crippen molar-refractivity contribution >= 4 is 12.1 Å². The predicted octanol–water partition coefficient (Wildman–Crippen LogP) is 0.401. The molecule has 0 atom stereocenters. The van der Waals surface area contributed by atoms with Crippen LogP contribution >= 0.6 is 0 Å². The zero-order chi connectivity index (χ0) is 7.68. The Morgan fingerprint density at radius 2 is 2.45 bits per heavy atom. The Morgan fingerprint density at radius 3 is 3.36 bits per heavy atom. The Morgan fingerprint density at radius 1 is 1.55 bits per heavy atom. The number of nitrogens with zero attached hydrogens (tertiary/aromatic N) is 1. The van der Waals surface area contributed by atoms with E-state index < -0.39 is 0 Å². The second-order valence-electron chi connectivity index (χ2n) is 2.49. The highest BCUT2D eigenvalue weighted by atomic mass is 16.1. The maximum absolute atomic E-state index is 11.1. The number of rotatable bonds is 0. The normalized spacial score (nSPS) is 21.6. The first-order chi connectivity index (χ1) is 5.38. The minimum atomic E-state index is -0.00435. The molecule has 56 valence electrons. The highest BCUT2D eigenvalue weighted by Crippen LogP contribution is 2.15. The highest BCUT2D eigenvalue weighted by Gasteiger charge is 2.19. The van der Waals surface area contributed by atoms with E-state index in [0.717, 1.165) is 17.7 Å². The second-order valence-corrected chi connectivity index (χ2v) is 2.49. The van der Waals surface area contributed by atoms with Gasteiger partial charge in [0, 0.05) is 12.6 Å². The molecule has 0 fully saturated rings. The van der Waals surface area contributed by atoms with Gasteiger partial charge in [0.1, 0.15) is 0 Å². The summed E-state index contributed by atoms with van der Waals surface area (Å²) in [6, 6.07) is 0. The van der Waals surface area contributed by atoms with Crippen LogP contribution in [0.5, 0.6) is 0 Å². The number of amides is 1. The molecule has 2 heterocycles. The van der Waals surface area contributed by atoms with Gasteiger partial charge in [-0.25, -0.2) is 0 Å². The van der Waals surface area contributed by atoms with Gasteiger partial charge in [0.25, 0.3) is 5.91 Å². The molecule has 0 saturated heterocycles. The van der Waals surface area contributed by atoms with Crippen LogP contribution in [0.1, 0.15) is 6.42 Å². The standard InChI is InChI=1S/C8H8N2O/c11-8-6-3-1-2-4-9-7(6)5-10-8/h1,3-4H,2,5H2,(H,10,11). The van der Waals surface area contributed by atoms with Crippen LogP contribution in [0.15, 0.2) is 28.4 Å². The molecule has 0 aromatic rings. The summed E-state index contributed by atoms with van der Waals surface area (Å²) in [4.78, 5) is 15.2. The van der Waals surface area contributed by atoms with Gasteiger partial charge in [-0.3, -0.25) is 9.79 Å². The summed E-state index contributed by atoms with van der Waals surface area (Å²) in [5.41, 5.74) is 1.59. The Bertz CT molecular complexity index is 286. The van der Waals surface area contributed by atoms with E-state index in [9.17, 15) is 4.79 Å². The number of hydrogen-bond donors (Lipinski definition) is 1. The van der Waals surface area contributed by atoms with Crippen molar-refractivity contribution in [2.24, 2.45) is 4.99 Å². The molecular formula is C8H8N2O. The molecular weight excluding hydrogens is 140 g/mol. The molecule has 0 aliphatic carbocycles. The first-order valence-electron chi connectivity index (χ1n) is 3.58. The fourth-order valence-corrected chi connectivity index (χ4v) is 1.18. The van der Waals surface area contributed by atoms with Crippen LogP contribution in [0.4, 0.5) is 0 Å². The molecule has 0 spiro atoms. The van der Waals surface area contributed by atoms with Crippen LogP contribution in [0, 0.1) is 0 Å². The Labute approximate surface area is 64.5 Å². The molecule has 0 saturated carbocycles. The first kappa shape index (κ1) is 6.34. The van der Waals surface area contributed by atoms with E-state index in [1.165, 1.54) is 0 Å². The number of nitrogens with one attached hydrogen (secondary N) is 1. The summed E-state index contributed by atoms with van der Waals surface area (Å²) in [5.74, 6) is -0.00435. The average molecular weight is 148 g/mol. The van der Waals surface area contributed by atoms with E-state index in [2.05, 4.69) is 10.3 Å². The van der Waals surface area contributed by atoms with Gasteiger partial charge in [0.05, 0.1) is 17.8 Å². The Balaban J connectivity index is 2.44. The number of allylic oxidation sites excluding steroid dienone is 1. The van der Waals surface area contributed by atoms with E-state index in [1.54, 1.807) is 0 Å². The number of carbonyl (C=O) groups excluding carboxylic acids is 1. The van der Waals surface area contributed by atoms with Crippen molar-refractivity contribution in [2.45, 2.75) is 6.42 Å². The lowest BCUT2D eigenvalue weighted by molar-refractivity contribution is -0.116. The first-order valence-corrected chi connectivity index (χ1v) is 3.58. The third-order valence-electron chi connectivity index (χ3n) is 1.75. The molecule has 2 rings (SSSR count). The van der Waals surface area contributed by atoms with Crippen molar-refractivity contribution in [3.63, 3.8) is 0 Å². The Kier molecular flexibility index (Phi) is 1.35. The maximum atomic E-state index is 11.1. The largest absolute Gasteiger partial charge is 0.346 e. The summed E-state index contributed by atoms with van der Waals surface area (Å²) in [6.07, 6.45) is 6.42. The van der Waals surface area contributed by atoms with Gasteiger partial charge in [0.2, 0.25) is 0 Å². The van der Waals surface area contributed by atoms with Crippen LogP contribution in [-0.2, 0) is 4.79 Å². The van der Waals surface area contributed by atoms with Crippen molar-refractivity contribution < 1.29 is 4.79 Å². The fraction of sp³-hybridized carbons (Fsp3) is 0.250. The molecule has 2 aliphatic heterocycles. The van der Waals surface area contributed by atoms with Crippen LogP contribution < -0.4 is 5.32 Å². The molecule has 11 heavy (non-hydrogen) atoms. The molecule has 0 aromatic carbocycles. The van der Waals surface area contributed by atoms with Gasteiger partial charge >= 0.3 is 0 Å². The fourth-order valence-electron chi connectivity index (χ4n) is 1.18. The zero-order valence-corrected chi connectivity index (χ0v) is 6.00. The quantitative estimate of drug-likeness (QED) is 0.530. The molecule has 1 N–H and O–H groups in total. The van der Waals surface area contributed by atoms with Gasteiger partial charge in [-0.15, -0.1) is 0 Å². The lowest BCUT2D eigenvalue weighted by Gasteiger charge is -1.88. The number of hydrogen-bond acceptors (Lipinski definition) is 2. The van der Waals surface area contributed by atoms with Gasteiger partial charge in [-0.1, -0.05) is 12.2 Å². The third-order valence-corrected chi connectivity index (χ3v) is 1.75. The molecule has 0 bridgehead atoms. The van der Waals surface area contributed by atoms with Crippen molar-refractivity contribution in [1.82, 2.24) is 5.32 Å². The van der Waals surface area contributed by atoms with E-state index in [4.69, 9.17) is 0 Å². The average Bonchev–Trinajstić information content (AvgIpc) is 2.25. The summed E-state index contributed by atoms with van der Waals surface area (Å²) >= 11 is 0. The molecule has 1 amide bonds. The molecule has 2 aliphatic rings. The van der Waals surface area contributed by atoms with Crippen LogP contribution in [0.3, 0.4) is 0 Å². The van der Waals surface area contributed by atoms with Gasteiger partial charge < -0.3 is 5.32 Å². The van der Waals surface area contributed by atoms with E-state index in [1.807, 2.05) is 18.4 Å². The smallest absolute Gasteiger partial charge is 0.253 e. The zero-order valence-electron chi connectivity index (χ0n) is 6.00. The van der Waals surface area contributed by atoms with Crippen LogP contribution in [-0.4, -0.2) is 18.7 Å². The summed E-state index contributed by atoms with van der Waals surface area (Å²) in [6.45, 7) is 0.578. The minimum absolute atomic E-state index is 0.00435. The molecule has 0 aromatic heterocycles. The lowest BCUT2D eigenvalue weighted by Crippen LogP contribution is -2.16. The molecule has 0 unspecified atom stereocenters. The van der Waals surface area contributed by atoms with Crippen LogP contribution in [0.25, 0.3) is 0 Å². The summed E-state index contributed by atoms with van der Waals surface area (Å²) in [7, 11) is 0. The SMILES string of the molecule is O=C1NCC2=C1C=CCC=N2. The lowest BCUT2D eigenvalue weighted by atomic mass is 10.2. The second kappa shape index (κ2) is 2.34. The topological polar surface area (TPSA) is 41.5 Å².